The molecule has 4 heterocycles. The zero-order valence-electron chi connectivity index (χ0n) is 11.5. The maximum Gasteiger partial charge on any atom is 0.229 e. The first-order chi connectivity index (χ1) is 10.3. The van der Waals surface area contributed by atoms with Crippen LogP contribution in [0.4, 0.5) is 11.6 Å². The molecular weight excluding hydrogens is 266 g/mol. The lowest BCUT2D eigenvalue weighted by Crippen LogP contribution is -2.37. The van der Waals surface area contributed by atoms with Gasteiger partial charge in [0.2, 0.25) is 11.9 Å². The largest absolute Gasteiger partial charge is 0.335 e. The lowest BCUT2D eigenvalue weighted by molar-refractivity contribution is -0.117. The van der Waals surface area contributed by atoms with Crippen molar-refractivity contribution in [3.8, 4) is 0 Å². The molecule has 0 aromatic carbocycles. The smallest absolute Gasteiger partial charge is 0.229 e. The molecule has 2 aliphatic heterocycles. The van der Waals surface area contributed by atoms with Gasteiger partial charge in [0.05, 0.1) is 24.0 Å². The highest BCUT2D eigenvalue weighted by Crippen LogP contribution is 2.36. The first-order valence-electron chi connectivity index (χ1n) is 7.10. The molecule has 6 heteroatoms. The summed E-state index contributed by atoms with van der Waals surface area (Å²) < 4.78 is 0. The van der Waals surface area contributed by atoms with Gasteiger partial charge in [-0.2, -0.15) is 0 Å². The zero-order valence-corrected chi connectivity index (χ0v) is 11.5. The Labute approximate surface area is 122 Å². The lowest BCUT2D eigenvalue weighted by Gasteiger charge is -2.25. The average Bonchev–Trinajstić information content (AvgIpc) is 3.06. The summed E-state index contributed by atoms with van der Waals surface area (Å²) in [6.07, 6.45) is 8.40. The Morgan fingerprint density at radius 2 is 1.95 bits per heavy atom. The van der Waals surface area contributed by atoms with Crippen LogP contribution in [0.25, 0.3) is 0 Å². The summed E-state index contributed by atoms with van der Waals surface area (Å²) in [6, 6.07) is 5.95. The molecule has 2 unspecified atom stereocenters. The molecule has 2 atom stereocenters. The van der Waals surface area contributed by atoms with Gasteiger partial charge in [-0.15, -0.1) is 0 Å². The second kappa shape index (κ2) is 4.80. The van der Waals surface area contributed by atoms with E-state index in [1.165, 1.54) is 0 Å². The van der Waals surface area contributed by atoms with Gasteiger partial charge in [0, 0.05) is 31.6 Å². The predicted octanol–water partition coefficient (Wildman–Crippen LogP) is 1.26. The van der Waals surface area contributed by atoms with Gasteiger partial charge in [0.15, 0.2) is 0 Å². The molecule has 0 N–H and O–H groups in total. The Morgan fingerprint density at radius 3 is 2.71 bits per heavy atom. The first kappa shape index (κ1) is 12.3. The monoisotopic (exact) mass is 281 g/mol. The van der Waals surface area contributed by atoms with E-state index in [2.05, 4.69) is 19.9 Å². The molecule has 6 nitrogen and oxygen atoms in total. The number of aromatic nitrogens is 3. The van der Waals surface area contributed by atoms with Crippen LogP contribution in [-0.2, 0) is 4.79 Å². The highest BCUT2D eigenvalue weighted by atomic mass is 16.2. The minimum Gasteiger partial charge on any atom is -0.335 e. The van der Waals surface area contributed by atoms with E-state index in [1.807, 2.05) is 17.0 Å². The lowest BCUT2D eigenvalue weighted by atomic mass is 10.1. The maximum atomic E-state index is 12.4. The van der Waals surface area contributed by atoms with Crippen LogP contribution in [0.5, 0.6) is 0 Å². The molecule has 2 aromatic rings. The molecule has 0 aliphatic carbocycles. The molecule has 0 spiro atoms. The second-order valence-electron chi connectivity index (χ2n) is 5.34. The van der Waals surface area contributed by atoms with Gasteiger partial charge in [-0.25, -0.2) is 9.97 Å². The number of pyridine rings is 1. The van der Waals surface area contributed by atoms with Crippen molar-refractivity contribution < 1.29 is 4.79 Å². The van der Waals surface area contributed by atoms with Crippen LogP contribution in [0.2, 0.25) is 0 Å². The number of anilines is 2. The first-order valence-corrected chi connectivity index (χ1v) is 7.10. The average molecular weight is 281 g/mol. The Hall–Kier alpha value is -2.50. The highest BCUT2D eigenvalue weighted by Gasteiger charge is 2.48. The molecule has 2 aliphatic rings. The van der Waals surface area contributed by atoms with Crippen molar-refractivity contribution in [1.82, 2.24) is 15.0 Å². The van der Waals surface area contributed by atoms with E-state index >= 15 is 0 Å². The second-order valence-corrected chi connectivity index (χ2v) is 5.34. The minimum atomic E-state index is 0.152. The molecule has 2 aromatic heterocycles. The van der Waals surface area contributed by atoms with Crippen molar-refractivity contribution in [2.24, 2.45) is 0 Å². The van der Waals surface area contributed by atoms with E-state index in [4.69, 9.17) is 0 Å². The standard InChI is InChI=1S/C15H15N5O/c21-14-9-13-12(20(14)11-3-1-5-16-10-11)4-8-19(13)15-17-6-2-7-18-15/h1-3,5-7,10,12-13H,4,8-9H2. The topological polar surface area (TPSA) is 62.2 Å². The van der Waals surface area contributed by atoms with Gasteiger partial charge in [-0.05, 0) is 24.6 Å². The Bertz CT molecular complexity index is 648. The summed E-state index contributed by atoms with van der Waals surface area (Å²) in [4.78, 5) is 29.2. The molecule has 21 heavy (non-hydrogen) atoms. The van der Waals surface area contributed by atoms with E-state index in [1.54, 1.807) is 30.9 Å². The van der Waals surface area contributed by atoms with Crippen LogP contribution in [0, 0.1) is 0 Å². The van der Waals surface area contributed by atoms with Crippen LogP contribution in [0.1, 0.15) is 12.8 Å². The molecule has 0 bridgehead atoms. The van der Waals surface area contributed by atoms with Crippen molar-refractivity contribution in [3.63, 3.8) is 0 Å². The van der Waals surface area contributed by atoms with Crippen molar-refractivity contribution in [2.45, 2.75) is 24.9 Å². The molecule has 106 valence electrons. The van der Waals surface area contributed by atoms with Gasteiger partial charge in [0.25, 0.3) is 0 Å². The zero-order chi connectivity index (χ0) is 14.2. The third-order valence-corrected chi connectivity index (χ3v) is 4.23. The fraction of sp³-hybridized carbons (Fsp3) is 0.333. The van der Waals surface area contributed by atoms with E-state index < -0.39 is 0 Å². The minimum absolute atomic E-state index is 0.152. The van der Waals surface area contributed by atoms with Gasteiger partial charge in [-0.3, -0.25) is 9.78 Å². The van der Waals surface area contributed by atoms with Crippen molar-refractivity contribution in [2.75, 3.05) is 16.3 Å². The van der Waals surface area contributed by atoms with Gasteiger partial charge in [-0.1, -0.05) is 0 Å². The van der Waals surface area contributed by atoms with E-state index in [-0.39, 0.29) is 18.0 Å². The summed E-state index contributed by atoms with van der Waals surface area (Å²) in [7, 11) is 0. The number of carbonyl (C=O) groups excluding carboxylic acids is 1. The molecule has 4 rings (SSSR count). The number of hydrogen-bond donors (Lipinski definition) is 0. The summed E-state index contributed by atoms with van der Waals surface area (Å²) in [5, 5.41) is 0. The van der Waals surface area contributed by atoms with Gasteiger partial charge >= 0.3 is 0 Å². The summed E-state index contributed by atoms with van der Waals surface area (Å²) in [5.41, 5.74) is 0.880. The number of amides is 1. The summed E-state index contributed by atoms with van der Waals surface area (Å²) in [5.74, 6) is 0.865. The Balaban J connectivity index is 1.65. The van der Waals surface area contributed by atoms with E-state index in [9.17, 15) is 4.79 Å². The fourth-order valence-corrected chi connectivity index (χ4v) is 3.37. The Morgan fingerprint density at radius 1 is 1.10 bits per heavy atom. The third-order valence-electron chi connectivity index (χ3n) is 4.23. The van der Waals surface area contributed by atoms with Crippen LogP contribution >= 0.6 is 0 Å². The highest BCUT2D eigenvalue weighted by molar-refractivity contribution is 5.97. The number of hydrogen-bond acceptors (Lipinski definition) is 5. The molecule has 2 fully saturated rings. The SMILES string of the molecule is O=C1CC2C(CCN2c2ncccn2)N1c1cccnc1. The molecule has 1 amide bonds. The Kier molecular flexibility index (Phi) is 2.80. The predicted molar refractivity (Wildman–Crippen MR) is 77.9 cm³/mol. The summed E-state index contributed by atoms with van der Waals surface area (Å²) >= 11 is 0. The van der Waals surface area contributed by atoms with Gasteiger partial charge < -0.3 is 9.80 Å². The number of fused-ring (bicyclic) bond motifs is 1. The van der Waals surface area contributed by atoms with Crippen LogP contribution in [0.15, 0.2) is 43.0 Å². The van der Waals surface area contributed by atoms with Crippen molar-refractivity contribution in [3.05, 3.63) is 43.0 Å². The van der Waals surface area contributed by atoms with Gasteiger partial charge in [0.1, 0.15) is 0 Å². The molecule has 2 saturated heterocycles. The molecule has 0 saturated carbocycles. The number of nitrogens with zero attached hydrogens (tertiary/aromatic N) is 5. The van der Waals surface area contributed by atoms with Crippen LogP contribution in [-0.4, -0.2) is 39.5 Å². The molecular formula is C15H15N5O. The van der Waals surface area contributed by atoms with E-state index in [0.717, 1.165) is 18.7 Å². The number of carbonyl (C=O) groups is 1. The maximum absolute atomic E-state index is 12.4. The van der Waals surface area contributed by atoms with Crippen LogP contribution in [0.3, 0.4) is 0 Å². The quantitative estimate of drug-likeness (QED) is 0.829. The fourth-order valence-electron chi connectivity index (χ4n) is 3.37. The van der Waals surface area contributed by atoms with Crippen LogP contribution < -0.4 is 9.80 Å². The van der Waals surface area contributed by atoms with E-state index in [0.29, 0.717) is 12.4 Å². The normalized spacial score (nSPS) is 24.5. The summed E-state index contributed by atoms with van der Waals surface area (Å²) in [6.45, 7) is 0.878. The van der Waals surface area contributed by atoms with Crippen molar-refractivity contribution >= 4 is 17.5 Å². The third kappa shape index (κ3) is 1.94. The molecule has 0 radical (unpaired) electrons. The number of rotatable bonds is 2. The van der Waals surface area contributed by atoms with Crippen molar-refractivity contribution in [1.29, 1.82) is 0 Å².